The van der Waals surface area contributed by atoms with E-state index in [9.17, 15) is 9.59 Å². The Morgan fingerprint density at radius 2 is 2.00 bits per heavy atom. The second kappa shape index (κ2) is 8.97. The number of nitrogens with one attached hydrogen (secondary N) is 2. The summed E-state index contributed by atoms with van der Waals surface area (Å²) < 4.78 is 0. The molecule has 6 nitrogen and oxygen atoms in total. The monoisotopic (exact) mass is 386 g/mol. The molecule has 0 bridgehead atoms. The lowest BCUT2D eigenvalue weighted by Gasteiger charge is -2.28. The van der Waals surface area contributed by atoms with Gasteiger partial charge >= 0.3 is 0 Å². The number of amides is 2. The summed E-state index contributed by atoms with van der Waals surface area (Å²) in [6.07, 6.45) is 3.84. The van der Waals surface area contributed by atoms with Crippen molar-refractivity contribution in [2.45, 2.75) is 25.8 Å². The Bertz CT molecular complexity index is 821. The molecule has 1 aliphatic heterocycles. The van der Waals surface area contributed by atoms with Crippen LogP contribution in [0.2, 0.25) is 5.02 Å². The van der Waals surface area contributed by atoms with Crippen LogP contribution < -0.4 is 10.6 Å². The highest BCUT2D eigenvalue weighted by atomic mass is 35.5. The van der Waals surface area contributed by atoms with Crippen molar-refractivity contribution in [1.29, 1.82) is 0 Å². The molecule has 0 aliphatic carbocycles. The van der Waals surface area contributed by atoms with E-state index in [1.54, 1.807) is 12.1 Å². The summed E-state index contributed by atoms with van der Waals surface area (Å²) >= 11 is 6.17. The van der Waals surface area contributed by atoms with E-state index in [-0.39, 0.29) is 23.6 Å². The maximum atomic E-state index is 12.7. The Morgan fingerprint density at radius 3 is 2.70 bits per heavy atom. The van der Waals surface area contributed by atoms with Gasteiger partial charge in [0.2, 0.25) is 5.91 Å². The largest absolute Gasteiger partial charge is 0.349 e. The molecule has 2 heterocycles. The van der Waals surface area contributed by atoms with Crippen LogP contribution >= 0.6 is 11.6 Å². The van der Waals surface area contributed by atoms with Crippen LogP contribution in [0.15, 0.2) is 42.6 Å². The van der Waals surface area contributed by atoms with Gasteiger partial charge in [0.25, 0.3) is 5.91 Å². The molecule has 142 valence electrons. The number of anilines is 1. The molecular formula is C20H23ClN4O2. The Balaban J connectivity index is 1.75. The van der Waals surface area contributed by atoms with E-state index in [0.717, 1.165) is 31.5 Å². The van der Waals surface area contributed by atoms with Crippen molar-refractivity contribution in [3.05, 3.63) is 58.9 Å². The number of aromatic nitrogens is 1. The van der Waals surface area contributed by atoms with E-state index in [4.69, 9.17) is 11.6 Å². The predicted molar refractivity (Wildman–Crippen MR) is 106 cm³/mol. The molecular weight excluding hydrogens is 364 g/mol. The predicted octanol–water partition coefficient (Wildman–Crippen LogP) is 3.26. The van der Waals surface area contributed by atoms with Crippen LogP contribution in [0.4, 0.5) is 5.69 Å². The van der Waals surface area contributed by atoms with Gasteiger partial charge in [0.05, 0.1) is 11.7 Å². The van der Waals surface area contributed by atoms with E-state index in [2.05, 4.69) is 20.5 Å². The van der Waals surface area contributed by atoms with Crippen molar-refractivity contribution in [2.24, 2.45) is 0 Å². The third-order valence-electron chi connectivity index (χ3n) is 4.60. The molecule has 7 heteroatoms. The van der Waals surface area contributed by atoms with Crippen molar-refractivity contribution in [2.75, 3.05) is 25.0 Å². The van der Waals surface area contributed by atoms with E-state index in [1.807, 2.05) is 24.3 Å². The van der Waals surface area contributed by atoms with Gasteiger partial charge in [0.1, 0.15) is 0 Å². The minimum atomic E-state index is -0.314. The first-order valence-electron chi connectivity index (χ1n) is 9.05. The second-order valence-electron chi connectivity index (χ2n) is 6.60. The number of benzene rings is 1. The first-order valence-corrected chi connectivity index (χ1v) is 9.42. The molecule has 1 aromatic heterocycles. The standard InChI is InChI=1S/C20H23ClN4O2/c1-14(26)24-17-8-5-9-22-19(17)20(27)23-13-18(25-10-2-3-11-25)15-6-4-7-16(21)12-15/h4-9,12,18H,2-3,10-11,13H2,1H3,(H,23,27)(H,24,26). The number of hydrogen-bond acceptors (Lipinski definition) is 4. The fourth-order valence-corrected chi connectivity index (χ4v) is 3.57. The summed E-state index contributed by atoms with van der Waals surface area (Å²) in [5.74, 6) is -0.559. The minimum absolute atomic E-state index is 0.0445. The summed E-state index contributed by atoms with van der Waals surface area (Å²) in [6.45, 7) is 3.83. The Kier molecular flexibility index (Phi) is 6.42. The maximum absolute atomic E-state index is 12.7. The van der Waals surface area contributed by atoms with E-state index in [0.29, 0.717) is 17.3 Å². The minimum Gasteiger partial charge on any atom is -0.349 e. The number of halogens is 1. The van der Waals surface area contributed by atoms with Gasteiger partial charge in [0, 0.05) is 24.7 Å². The van der Waals surface area contributed by atoms with Gasteiger partial charge in [-0.2, -0.15) is 0 Å². The van der Waals surface area contributed by atoms with Crippen LogP contribution in [0.25, 0.3) is 0 Å². The average molecular weight is 387 g/mol. The molecule has 2 N–H and O–H groups in total. The van der Waals surface area contributed by atoms with Crippen molar-refractivity contribution in [3.63, 3.8) is 0 Å². The summed E-state index contributed by atoms with van der Waals surface area (Å²) in [5, 5.41) is 6.30. The number of carbonyl (C=O) groups excluding carboxylic acids is 2. The van der Waals surface area contributed by atoms with Gasteiger partial charge in [-0.15, -0.1) is 0 Å². The molecule has 1 saturated heterocycles. The summed E-state index contributed by atoms with van der Waals surface area (Å²) in [6, 6.07) is 11.1. The normalized spacial score (nSPS) is 15.3. The highest BCUT2D eigenvalue weighted by Crippen LogP contribution is 2.26. The van der Waals surface area contributed by atoms with Gasteiger partial charge in [-0.3, -0.25) is 14.5 Å². The van der Waals surface area contributed by atoms with Gasteiger partial charge < -0.3 is 10.6 Å². The molecule has 0 saturated carbocycles. The summed E-state index contributed by atoms with van der Waals surface area (Å²) in [4.78, 5) is 30.5. The second-order valence-corrected chi connectivity index (χ2v) is 7.04. The SMILES string of the molecule is CC(=O)Nc1cccnc1C(=O)NCC(c1cccc(Cl)c1)N1CCCC1. The van der Waals surface area contributed by atoms with Crippen molar-refractivity contribution >= 4 is 29.1 Å². The van der Waals surface area contributed by atoms with Crippen LogP contribution in [-0.2, 0) is 4.79 Å². The Hall–Kier alpha value is -2.44. The van der Waals surface area contributed by atoms with Gasteiger partial charge in [-0.05, 0) is 55.8 Å². The van der Waals surface area contributed by atoms with Crippen LogP contribution in [-0.4, -0.2) is 41.3 Å². The maximum Gasteiger partial charge on any atom is 0.272 e. The van der Waals surface area contributed by atoms with Crippen molar-refractivity contribution < 1.29 is 9.59 Å². The molecule has 1 unspecified atom stereocenters. The van der Waals surface area contributed by atoms with Crippen LogP contribution in [0.5, 0.6) is 0 Å². The molecule has 0 spiro atoms. The van der Waals surface area contributed by atoms with E-state index in [1.165, 1.54) is 13.1 Å². The zero-order valence-electron chi connectivity index (χ0n) is 15.2. The lowest BCUT2D eigenvalue weighted by Crippen LogP contribution is -2.37. The first kappa shape index (κ1) is 19.3. The summed E-state index contributed by atoms with van der Waals surface area (Å²) in [5.41, 5.74) is 1.69. The number of nitrogens with zero attached hydrogens (tertiary/aromatic N) is 2. The molecule has 2 amide bonds. The molecule has 2 aromatic rings. The number of rotatable bonds is 6. The number of hydrogen-bond donors (Lipinski definition) is 2. The zero-order chi connectivity index (χ0) is 19.2. The molecule has 0 radical (unpaired) electrons. The van der Waals surface area contributed by atoms with Gasteiger partial charge in [0.15, 0.2) is 5.69 Å². The molecule has 1 fully saturated rings. The highest BCUT2D eigenvalue weighted by molar-refractivity contribution is 6.30. The lowest BCUT2D eigenvalue weighted by atomic mass is 10.1. The summed E-state index contributed by atoms with van der Waals surface area (Å²) in [7, 11) is 0. The molecule has 3 rings (SSSR count). The first-order chi connectivity index (χ1) is 13.0. The highest BCUT2D eigenvalue weighted by Gasteiger charge is 2.25. The van der Waals surface area contributed by atoms with Crippen molar-refractivity contribution in [3.8, 4) is 0 Å². The fourth-order valence-electron chi connectivity index (χ4n) is 3.37. The Morgan fingerprint density at radius 1 is 1.22 bits per heavy atom. The smallest absolute Gasteiger partial charge is 0.272 e. The van der Waals surface area contributed by atoms with Gasteiger partial charge in [-0.1, -0.05) is 23.7 Å². The molecule has 1 aromatic carbocycles. The van der Waals surface area contributed by atoms with Crippen LogP contribution in [0.1, 0.15) is 41.9 Å². The van der Waals surface area contributed by atoms with E-state index >= 15 is 0 Å². The number of likely N-dealkylation sites (tertiary alicyclic amines) is 1. The zero-order valence-corrected chi connectivity index (χ0v) is 16.0. The van der Waals surface area contributed by atoms with Crippen molar-refractivity contribution in [1.82, 2.24) is 15.2 Å². The van der Waals surface area contributed by atoms with Gasteiger partial charge in [-0.25, -0.2) is 4.98 Å². The third-order valence-corrected chi connectivity index (χ3v) is 4.84. The molecule has 27 heavy (non-hydrogen) atoms. The van der Waals surface area contributed by atoms with Crippen LogP contribution in [0, 0.1) is 0 Å². The number of carbonyl (C=O) groups is 2. The van der Waals surface area contributed by atoms with Crippen LogP contribution in [0.3, 0.4) is 0 Å². The quantitative estimate of drug-likeness (QED) is 0.799. The fraction of sp³-hybridized carbons (Fsp3) is 0.350. The lowest BCUT2D eigenvalue weighted by molar-refractivity contribution is -0.114. The average Bonchev–Trinajstić information content (AvgIpc) is 3.16. The molecule has 1 aliphatic rings. The Labute approximate surface area is 163 Å². The number of pyridine rings is 1. The third kappa shape index (κ3) is 5.05. The molecule has 1 atom stereocenters. The topological polar surface area (TPSA) is 74.3 Å². The van der Waals surface area contributed by atoms with E-state index < -0.39 is 0 Å².